The van der Waals surface area contributed by atoms with Crippen molar-refractivity contribution in [2.24, 2.45) is 0 Å². The molecule has 2 aliphatic heterocycles. The van der Waals surface area contributed by atoms with Gasteiger partial charge in [0.15, 0.2) is 5.75 Å². The number of anilines is 1. The average Bonchev–Trinajstić information content (AvgIpc) is 3.03. The highest BCUT2D eigenvalue weighted by atomic mass is 16.5. The summed E-state index contributed by atoms with van der Waals surface area (Å²) in [4.78, 5) is 37.1. The van der Waals surface area contributed by atoms with Crippen LogP contribution in [0, 0.1) is 0 Å². The van der Waals surface area contributed by atoms with Gasteiger partial charge in [-0.3, -0.25) is 20.2 Å². The molecule has 2 heterocycles. The molecule has 0 aliphatic carbocycles. The molecule has 4 amide bonds. The van der Waals surface area contributed by atoms with Gasteiger partial charge in [-0.05, 0) is 30.0 Å². The van der Waals surface area contributed by atoms with Crippen LogP contribution in [0.4, 0.5) is 10.5 Å². The molecule has 2 N–H and O–H groups in total. The summed E-state index contributed by atoms with van der Waals surface area (Å²) in [5, 5.41) is 6.30. The van der Waals surface area contributed by atoms with Gasteiger partial charge >= 0.3 is 6.03 Å². The van der Waals surface area contributed by atoms with Crippen LogP contribution in [0.3, 0.4) is 0 Å². The van der Waals surface area contributed by atoms with Crippen LogP contribution >= 0.6 is 0 Å². The van der Waals surface area contributed by atoms with Crippen molar-refractivity contribution in [3.05, 3.63) is 60.0 Å². The summed E-state index contributed by atoms with van der Waals surface area (Å²) in [5.74, 6) is -0.199. The fraction of sp³-hybridized carbons (Fsp3) is 0.190. The Kier molecular flexibility index (Phi) is 4.57. The molecule has 0 unspecified atom stereocenters. The van der Waals surface area contributed by atoms with E-state index in [0.717, 1.165) is 41.6 Å². The second kappa shape index (κ2) is 7.19. The van der Waals surface area contributed by atoms with Crippen LogP contribution in [-0.2, 0) is 9.59 Å². The van der Waals surface area contributed by atoms with Crippen LogP contribution in [0.25, 0.3) is 10.8 Å². The molecule has 0 spiro atoms. The highest BCUT2D eigenvalue weighted by molar-refractivity contribution is 6.29. The number of amides is 4. The molecule has 0 radical (unpaired) electrons. The van der Waals surface area contributed by atoms with E-state index < -0.39 is 17.8 Å². The first-order chi connectivity index (χ1) is 13.6. The Labute approximate surface area is 161 Å². The number of urea groups is 1. The quantitative estimate of drug-likeness (QED) is 0.632. The van der Waals surface area contributed by atoms with Crippen molar-refractivity contribution in [2.45, 2.75) is 19.8 Å². The number of nitrogens with zero attached hydrogens (tertiary/aromatic N) is 1. The lowest BCUT2D eigenvalue weighted by Gasteiger charge is -2.19. The van der Waals surface area contributed by atoms with Crippen LogP contribution < -0.4 is 20.3 Å². The predicted octanol–water partition coefficient (Wildman–Crippen LogP) is 2.97. The molecule has 28 heavy (non-hydrogen) atoms. The summed E-state index contributed by atoms with van der Waals surface area (Å²) in [7, 11) is 0. The van der Waals surface area contributed by atoms with Gasteiger partial charge < -0.3 is 9.64 Å². The molecule has 0 saturated carbocycles. The maximum Gasteiger partial charge on any atom is 0.328 e. The first-order valence-electron chi connectivity index (χ1n) is 9.14. The maximum atomic E-state index is 11.9. The van der Waals surface area contributed by atoms with Gasteiger partial charge in [0.1, 0.15) is 5.57 Å². The van der Waals surface area contributed by atoms with Gasteiger partial charge in [0.2, 0.25) is 5.88 Å². The number of ether oxygens (including phenoxy) is 1. The van der Waals surface area contributed by atoms with Crippen molar-refractivity contribution >= 4 is 34.3 Å². The molecule has 2 aliphatic rings. The third-order valence-corrected chi connectivity index (χ3v) is 4.69. The van der Waals surface area contributed by atoms with Crippen molar-refractivity contribution in [2.75, 3.05) is 11.4 Å². The number of carbonyl (C=O) groups is 3. The zero-order valence-electron chi connectivity index (χ0n) is 15.3. The molecule has 0 aromatic heterocycles. The second-order valence-corrected chi connectivity index (χ2v) is 6.56. The van der Waals surface area contributed by atoms with Crippen LogP contribution in [0.2, 0.25) is 0 Å². The molecule has 7 heteroatoms. The van der Waals surface area contributed by atoms with Crippen molar-refractivity contribution in [1.29, 1.82) is 0 Å². The highest BCUT2D eigenvalue weighted by Crippen LogP contribution is 2.44. The van der Waals surface area contributed by atoms with Crippen LogP contribution in [0.5, 0.6) is 5.75 Å². The zero-order valence-corrected chi connectivity index (χ0v) is 15.3. The van der Waals surface area contributed by atoms with E-state index in [9.17, 15) is 14.4 Å². The van der Waals surface area contributed by atoms with Gasteiger partial charge in [-0.25, -0.2) is 4.79 Å². The summed E-state index contributed by atoms with van der Waals surface area (Å²) in [5.41, 5.74) is 0.830. The number of allylic oxidation sites excluding steroid dienone is 2. The number of benzene rings is 2. The van der Waals surface area contributed by atoms with Crippen LogP contribution in [0.15, 0.2) is 60.0 Å². The standard InChI is InChI=1S/C21H19N3O4/c1-2-3-12-24-17(11-9-15-19(25)22-21(27)23-20(15)26)28-16-10-8-13-6-4-5-7-14(13)18(16)24/h4-11H,2-3,12H2,1H3,(H2,22,23,25,26,27)/b17-11-. The molecular weight excluding hydrogens is 358 g/mol. The average molecular weight is 377 g/mol. The number of hydrogen-bond donors (Lipinski definition) is 2. The second-order valence-electron chi connectivity index (χ2n) is 6.56. The third kappa shape index (κ3) is 3.11. The monoisotopic (exact) mass is 377 g/mol. The predicted molar refractivity (Wildman–Crippen MR) is 105 cm³/mol. The van der Waals surface area contributed by atoms with E-state index in [1.165, 1.54) is 6.08 Å². The zero-order chi connectivity index (χ0) is 19.7. The lowest BCUT2D eigenvalue weighted by Crippen LogP contribution is -2.51. The van der Waals surface area contributed by atoms with Crippen molar-refractivity contribution in [1.82, 2.24) is 10.6 Å². The Hall–Kier alpha value is -3.61. The van der Waals surface area contributed by atoms with Crippen LogP contribution in [0.1, 0.15) is 19.8 Å². The minimum atomic E-state index is -0.819. The van der Waals surface area contributed by atoms with E-state index in [0.29, 0.717) is 5.88 Å². The van der Waals surface area contributed by atoms with E-state index in [1.54, 1.807) is 6.08 Å². The highest BCUT2D eigenvalue weighted by Gasteiger charge is 2.30. The van der Waals surface area contributed by atoms with Gasteiger partial charge in [-0.1, -0.05) is 43.7 Å². The van der Waals surface area contributed by atoms with Crippen molar-refractivity contribution in [3.63, 3.8) is 0 Å². The lowest BCUT2D eigenvalue weighted by molar-refractivity contribution is -0.124. The maximum absolute atomic E-state index is 11.9. The van der Waals surface area contributed by atoms with Gasteiger partial charge in [-0.15, -0.1) is 0 Å². The van der Waals surface area contributed by atoms with E-state index in [2.05, 4.69) is 22.5 Å². The normalized spacial score (nSPS) is 17.5. The lowest BCUT2D eigenvalue weighted by atomic mass is 10.1. The largest absolute Gasteiger partial charge is 0.439 e. The first kappa shape index (κ1) is 17.8. The van der Waals surface area contributed by atoms with E-state index in [4.69, 9.17) is 4.74 Å². The fourth-order valence-electron chi connectivity index (χ4n) is 3.32. The summed E-state index contributed by atoms with van der Waals surface area (Å²) in [6, 6.07) is 11.2. The Morgan fingerprint density at radius 3 is 2.50 bits per heavy atom. The summed E-state index contributed by atoms with van der Waals surface area (Å²) in [6.07, 6.45) is 4.93. The number of unbranched alkanes of at least 4 members (excludes halogenated alkanes) is 1. The third-order valence-electron chi connectivity index (χ3n) is 4.69. The Balaban J connectivity index is 1.74. The molecule has 2 aromatic carbocycles. The SMILES string of the molecule is CCCCN1/C(=C/C=C2C(=O)NC(=O)NC2=O)Oc2ccc3ccccc3c21. The number of carbonyl (C=O) groups excluding carboxylic acids is 3. The molecule has 7 nitrogen and oxygen atoms in total. The van der Waals surface area contributed by atoms with Crippen molar-refractivity contribution < 1.29 is 19.1 Å². The van der Waals surface area contributed by atoms with Gasteiger partial charge in [-0.2, -0.15) is 0 Å². The Bertz CT molecular complexity index is 1030. The molecule has 0 atom stereocenters. The summed E-state index contributed by atoms with van der Waals surface area (Å²) >= 11 is 0. The van der Waals surface area contributed by atoms with E-state index in [-0.39, 0.29) is 5.57 Å². The number of barbiturate groups is 1. The molecule has 2 aromatic rings. The van der Waals surface area contributed by atoms with Gasteiger partial charge in [0.05, 0.1) is 5.69 Å². The summed E-state index contributed by atoms with van der Waals surface area (Å²) < 4.78 is 6.02. The Morgan fingerprint density at radius 1 is 1.00 bits per heavy atom. The molecule has 142 valence electrons. The van der Waals surface area contributed by atoms with E-state index >= 15 is 0 Å². The van der Waals surface area contributed by atoms with E-state index in [1.807, 2.05) is 36.4 Å². The topological polar surface area (TPSA) is 87.7 Å². The van der Waals surface area contributed by atoms with Gasteiger partial charge in [0, 0.05) is 11.9 Å². The number of rotatable bonds is 4. The Morgan fingerprint density at radius 2 is 1.75 bits per heavy atom. The fourth-order valence-corrected chi connectivity index (χ4v) is 3.32. The molecule has 1 fully saturated rings. The molecule has 4 rings (SSSR count). The smallest absolute Gasteiger partial charge is 0.328 e. The summed E-state index contributed by atoms with van der Waals surface area (Å²) in [6.45, 7) is 2.85. The molecule has 1 saturated heterocycles. The number of hydrogen-bond acceptors (Lipinski definition) is 5. The molecule has 0 bridgehead atoms. The number of nitrogens with one attached hydrogen (secondary N) is 2. The van der Waals surface area contributed by atoms with Crippen LogP contribution in [-0.4, -0.2) is 24.4 Å². The molecular formula is C21H19N3O4. The minimum Gasteiger partial charge on any atom is -0.439 e. The van der Waals surface area contributed by atoms with Gasteiger partial charge in [0.25, 0.3) is 11.8 Å². The van der Waals surface area contributed by atoms with Crippen molar-refractivity contribution in [3.8, 4) is 5.75 Å². The minimum absolute atomic E-state index is 0.146. The number of fused-ring (bicyclic) bond motifs is 3. The first-order valence-corrected chi connectivity index (χ1v) is 9.14. The number of imide groups is 2.